The highest BCUT2D eigenvalue weighted by Gasteiger charge is 2.06. The van der Waals surface area contributed by atoms with E-state index in [0.29, 0.717) is 6.54 Å². The van der Waals surface area contributed by atoms with Crippen LogP contribution in [0, 0.1) is 0 Å². The molecule has 2 aromatic heterocycles. The van der Waals surface area contributed by atoms with Crippen LogP contribution in [0.5, 0.6) is 0 Å². The molecule has 16 heavy (non-hydrogen) atoms. The zero-order valence-corrected chi connectivity index (χ0v) is 9.20. The lowest BCUT2D eigenvalue weighted by Crippen LogP contribution is -2.17. The van der Waals surface area contributed by atoms with Crippen LogP contribution in [0.1, 0.15) is 5.69 Å². The molecule has 0 atom stereocenters. The number of rotatable bonds is 2. The van der Waals surface area contributed by atoms with Gasteiger partial charge in [0.1, 0.15) is 0 Å². The molecule has 0 saturated carbocycles. The van der Waals surface area contributed by atoms with E-state index in [2.05, 4.69) is 9.97 Å². The van der Waals surface area contributed by atoms with Crippen molar-refractivity contribution >= 4 is 22.4 Å². The van der Waals surface area contributed by atoms with Crippen LogP contribution in [0.4, 0.5) is 0 Å². The predicted octanol–water partition coefficient (Wildman–Crippen LogP) is 1.83. The van der Waals surface area contributed by atoms with E-state index >= 15 is 0 Å². The number of nitrogens with one attached hydrogen (secondary N) is 1. The van der Waals surface area contributed by atoms with Crippen molar-refractivity contribution in [2.24, 2.45) is 0 Å². The van der Waals surface area contributed by atoms with Gasteiger partial charge in [-0.15, -0.1) is 11.3 Å². The van der Waals surface area contributed by atoms with Crippen LogP contribution in [-0.2, 0) is 6.54 Å². The summed E-state index contributed by atoms with van der Waals surface area (Å²) in [5, 5.41) is 1.95. The number of aromatic nitrogens is 3. The van der Waals surface area contributed by atoms with Gasteiger partial charge in [-0.2, -0.15) is 0 Å². The Morgan fingerprint density at radius 1 is 1.38 bits per heavy atom. The second-order valence-corrected chi connectivity index (χ2v) is 4.23. The summed E-state index contributed by atoms with van der Waals surface area (Å²) in [7, 11) is 0. The van der Waals surface area contributed by atoms with Gasteiger partial charge in [0.15, 0.2) is 0 Å². The average molecular weight is 231 g/mol. The zero-order valence-electron chi connectivity index (χ0n) is 8.38. The maximum absolute atomic E-state index is 11.7. The standard InChI is InChI=1S/C11H9N3OS/c15-11-13-9-3-1-2-4-10(9)14(11)5-8-6-16-7-12-8/h1-4,6-7H,5H2,(H,13,15). The summed E-state index contributed by atoms with van der Waals surface area (Å²) in [5.74, 6) is 0. The van der Waals surface area contributed by atoms with Gasteiger partial charge in [0.2, 0.25) is 0 Å². The van der Waals surface area contributed by atoms with Gasteiger partial charge in [0.05, 0.1) is 28.8 Å². The number of hydrogen-bond acceptors (Lipinski definition) is 3. The average Bonchev–Trinajstić information content (AvgIpc) is 2.89. The summed E-state index contributed by atoms with van der Waals surface area (Å²) in [4.78, 5) is 18.8. The third-order valence-electron chi connectivity index (χ3n) is 2.49. The van der Waals surface area contributed by atoms with Gasteiger partial charge in [0.25, 0.3) is 0 Å². The Hall–Kier alpha value is -1.88. The van der Waals surface area contributed by atoms with E-state index in [-0.39, 0.29) is 5.69 Å². The molecule has 0 aliphatic rings. The molecule has 5 heteroatoms. The van der Waals surface area contributed by atoms with Crippen molar-refractivity contribution in [3.8, 4) is 0 Å². The fourth-order valence-corrected chi connectivity index (χ4v) is 2.29. The minimum Gasteiger partial charge on any atom is -0.306 e. The first-order valence-corrected chi connectivity index (χ1v) is 5.83. The molecule has 0 saturated heterocycles. The molecule has 0 radical (unpaired) electrons. The largest absolute Gasteiger partial charge is 0.326 e. The van der Waals surface area contributed by atoms with Crippen molar-refractivity contribution in [3.63, 3.8) is 0 Å². The maximum Gasteiger partial charge on any atom is 0.326 e. The second-order valence-electron chi connectivity index (χ2n) is 3.51. The van der Waals surface area contributed by atoms with Gasteiger partial charge in [-0.25, -0.2) is 9.78 Å². The number of hydrogen-bond donors (Lipinski definition) is 1. The maximum atomic E-state index is 11.7. The molecule has 0 aliphatic heterocycles. The predicted molar refractivity (Wildman–Crippen MR) is 63.8 cm³/mol. The van der Waals surface area contributed by atoms with Crippen molar-refractivity contribution in [2.75, 3.05) is 0 Å². The molecule has 3 aromatic rings. The lowest BCUT2D eigenvalue weighted by atomic mass is 10.3. The molecular weight excluding hydrogens is 222 g/mol. The Morgan fingerprint density at radius 3 is 3.06 bits per heavy atom. The first kappa shape index (κ1) is 9.35. The molecule has 1 N–H and O–H groups in total. The van der Waals surface area contributed by atoms with Crippen LogP contribution < -0.4 is 5.69 Å². The van der Waals surface area contributed by atoms with E-state index in [9.17, 15) is 4.79 Å². The highest BCUT2D eigenvalue weighted by molar-refractivity contribution is 7.07. The fraction of sp³-hybridized carbons (Fsp3) is 0.0909. The Labute approximate surface area is 95.2 Å². The number of para-hydroxylation sites is 2. The van der Waals surface area contributed by atoms with Gasteiger partial charge in [0, 0.05) is 5.38 Å². The first-order chi connectivity index (χ1) is 7.84. The lowest BCUT2D eigenvalue weighted by Gasteiger charge is -1.99. The van der Waals surface area contributed by atoms with Crippen LogP contribution in [-0.4, -0.2) is 14.5 Å². The number of fused-ring (bicyclic) bond motifs is 1. The summed E-state index contributed by atoms with van der Waals surface area (Å²) >= 11 is 1.54. The Balaban J connectivity index is 2.16. The molecule has 80 valence electrons. The topological polar surface area (TPSA) is 50.7 Å². The number of thiazole rings is 1. The molecule has 0 amide bonds. The van der Waals surface area contributed by atoms with E-state index in [1.807, 2.05) is 29.6 Å². The van der Waals surface area contributed by atoms with E-state index in [1.54, 1.807) is 10.1 Å². The monoisotopic (exact) mass is 231 g/mol. The van der Waals surface area contributed by atoms with E-state index < -0.39 is 0 Å². The number of H-pyrrole nitrogens is 1. The van der Waals surface area contributed by atoms with Gasteiger partial charge in [-0.3, -0.25) is 4.57 Å². The quantitative estimate of drug-likeness (QED) is 0.731. The zero-order chi connectivity index (χ0) is 11.0. The summed E-state index contributed by atoms with van der Waals surface area (Å²) in [5.41, 5.74) is 4.38. The molecule has 0 bridgehead atoms. The molecule has 3 rings (SSSR count). The molecular formula is C11H9N3OS. The molecule has 1 aromatic carbocycles. The molecule has 0 spiro atoms. The Morgan fingerprint density at radius 2 is 2.25 bits per heavy atom. The first-order valence-electron chi connectivity index (χ1n) is 4.89. The highest BCUT2D eigenvalue weighted by atomic mass is 32.1. The highest BCUT2D eigenvalue weighted by Crippen LogP contribution is 2.11. The molecule has 0 aliphatic carbocycles. The van der Waals surface area contributed by atoms with Crippen LogP contribution in [0.15, 0.2) is 40.0 Å². The van der Waals surface area contributed by atoms with E-state index in [0.717, 1.165) is 16.7 Å². The van der Waals surface area contributed by atoms with Gasteiger partial charge in [-0.1, -0.05) is 12.1 Å². The van der Waals surface area contributed by atoms with Gasteiger partial charge >= 0.3 is 5.69 Å². The van der Waals surface area contributed by atoms with E-state index in [1.165, 1.54) is 11.3 Å². The summed E-state index contributed by atoms with van der Waals surface area (Å²) < 4.78 is 1.70. The second kappa shape index (κ2) is 3.61. The minimum absolute atomic E-state index is 0.0887. The third-order valence-corrected chi connectivity index (χ3v) is 3.12. The number of imidazole rings is 1. The van der Waals surface area contributed by atoms with Crippen molar-refractivity contribution < 1.29 is 0 Å². The van der Waals surface area contributed by atoms with Crippen molar-refractivity contribution in [1.29, 1.82) is 0 Å². The van der Waals surface area contributed by atoms with E-state index in [4.69, 9.17) is 0 Å². The number of nitrogens with zero attached hydrogens (tertiary/aromatic N) is 2. The van der Waals surface area contributed by atoms with Crippen molar-refractivity contribution in [3.05, 3.63) is 51.3 Å². The normalized spacial score (nSPS) is 11.0. The smallest absolute Gasteiger partial charge is 0.306 e. The van der Waals surface area contributed by atoms with Crippen LogP contribution in [0.25, 0.3) is 11.0 Å². The van der Waals surface area contributed by atoms with Gasteiger partial charge < -0.3 is 4.98 Å². The molecule has 2 heterocycles. The molecule has 4 nitrogen and oxygen atoms in total. The Kier molecular flexibility index (Phi) is 2.11. The van der Waals surface area contributed by atoms with Crippen molar-refractivity contribution in [2.45, 2.75) is 6.54 Å². The minimum atomic E-state index is -0.0887. The summed E-state index contributed by atoms with van der Waals surface area (Å²) in [6.07, 6.45) is 0. The van der Waals surface area contributed by atoms with Gasteiger partial charge in [-0.05, 0) is 12.1 Å². The van der Waals surface area contributed by atoms with Crippen LogP contribution >= 0.6 is 11.3 Å². The number of benzene rings is 1. The molecule has 0 unspecified atom stereocenters. The molecule has 0 fully saturated rings. The van der Waals surface area contributed by atoms with Crippen LogP contribution in [0.3, 0.4) is 0 Å². The summed E-state index contributed by atoms with van der Waals surface area (Å²) in [6.45, 7) is 0.520. The summed E-state index contributed by atoms with van der Waals surface area (Å²) in [6, 6.07) is 7.66. The Bertz CT molecular complexity index is 666. The lowest BCUT2D eigenvalue weighted by molar-refractivity contribution is 0.770. The van der Waals surface area contributed by atoms with Crippen molar-refractivity contribution in [1.82, 2.24) is 14.5 Å². The SMILES string of the molecule is O=c1[nH]c2ccccc2n1Cc1cscn1. The third kappa shape index (κ3) is 1.45. The fourth-order valence-electron chi connectivity index (χ4n) is 1.74. The van der Waals surface area contributed by atoms with Crippen LogP contribution in [0.2, 0.25) is 0 Å². The number of aromatic amines is 1.